The lowest BCUT2D eigenvalue weighted by atomic mass is 10.0. The molecule has 0 radical (unpaired) electrons. The van der Waals surface area contributed by atoms with Crippen LogP contribution in [0.25, 0.3) is 0 Å². The fourth-order valence-corrected chi connectivity index (χ4v) is 4.46. The minimum absolute atomic E-state index is 0.0592. The number of nitrogens with zero attached hydrogens (tertiary/aromatic N) is 1. The molecule has 4 rings (SSSR count). The van der Waals surface area contributed by atoms with Gasteiger partial charge < -0.3 is 19.7 Å². The average Bonchev–Trinajstić information content (AvgIpc) is 3.43. The number of hydrogen-bond acceptors (Lipinski definition) is 4. The molecule has 0 unspecified atom stereocenters. The predicted octanol–water partition coefficient (Wildman–Crippen LogP) is 4.26. The monoisotopic (exact) mass is 422 g/mol. The number of fused-ring (bicyclic) bond motifs is 1. The quantitative estimate of drug-likeness (QED) is 0.724. The largest absolute Gasteiger partial charge is 0.454 e. The maximum atomic E-state index is 13.5. The van der Waals surface area contributed by atoms with Gasteiger partial charge in [-0.2, -0.15) is 0 Å². The fraction of sp³-hybridized carbons (Fsp3) is 0.440. The second-order valence-corrected chi connectivity index (χ2v) is 8.52. The normalized spacial score (nSPS) is 16.2. The van der Waals surface area contributed by atoms with Crippen LogP contribution in [0.3, 0.4) is 0 Å². The zero-order chi connectivity index (χ0) is 21.8. The first-order valence-electron chi connectivity index (χ1n) is 11.0. The molecule has 1 aliphatic heterocycles. The van der Waals surface area contributed by atoms with Gasteiger partial charge in [0.15, 0.2) is 11.5 Å². The SMILES string of the molecule is CC(=O)N[C@@H](CC(=O)N(Cc1ccc2c(c1)OCO2)C1CCCC1)c1ccc(C)cc1. The van der Waals surface area contributed by atoms with Crippen molar-refractivity contribution in [3.05, 3.63) is 59.2 Å². The number of carbonyl (C=O) groups is 2. The van der Waals surface area contributed by atoms with Crippen LogP contribution in [0.1, 0.15) is 61.8 Å². The Morgan fingerprint density at radius 1 is 1.06 bits per heavy atom. The molecule has 6 heteroatoms. The molecule has 0 spiro atoms. The molecule has 2 aromatic rings. The molecule has 31 heavy (non-hydrogen) atoms. The van der Waals surface area contributed by atoms with Crippen molar-refractivity contribution in [1.82, 2.24) is 10.2 Å². The Morgan fingerprint density at radius 3 is 2.48 bits per heavy atom. The van der Waals surface area contributed by atoms with Crippen LogP contribution in [0.15, 0.2) is 42.5 Å². The summed E-state index contributed by atoms with van der Waals surface area (Å²) in [5, 5.41) is 2.97. The summed E-state index contributed by atoms with van der Waals surface area (Å²) in [6, 6.07) is 13.7. The maximum absolute atomic E-state index is 13.5. The van der Waals surface area contributed by atoms with Crippen molar-refractivity contribution < 1.29 is 19.1 Å². The summed E-state index contributed by atoms with van der Waals surface area (Å²) in [6.07, 6.45) is 4.56. The van der Waals surface area contributed by atoms with E-state index in [1.165, 1.54) is 6.92 Å². The van der Waals surface area contributed by atoms with Crippen molar-refractivity contribution in [2.75, 3.05) is 6.79 Å². The first kappa shape index (κ1) is 21.2. The molecule has 2 aliphatic rings. The van der Waals surface area contributed by atoms with E-state index in [-0.39, 0.29) is 37.1 Å². The zero-order valence-electron chi connectivity index (χ0n) is 18.2. The summed E-state index contributed by atoms with van der Waals surface area (Å²) in [6.45, 7) is 4.28. The summed E-state index contributed by atoms with van der Waals surface area (Å²) in [4.78, 5) is 27.4. The molecule has 2 amide bonds. The van der Waals surface area contributed by atoms with Crippen LogP contribution in [0.5, 0.6) is 11.5 Å². The summed E-state index contributed by atoms with van der Waals surface area (Å²) in [5.74, 6) is 1.39. The van der Waals surface area contributed by atoms with Gasteiger partial charge in [-0.25, -0.2) is 0 Å². The smallest absolute Gasteiger partial charge is 0.231 e. The molecule has 6 nitrogen and oxygen atoms in total. The molecule has 1 fully saturated rings. The molecule has 0 bridgehead atoms. The molecule has 1 N–H and O–H groups in total. The standard InChI is InChI=1S/C25H30N2O4/c1-17-7-10-20(11-8-17)22(26-18(2)28)14-25(29)27(21-5-3-4-6-21)15-19-9-12-23-24(13-19)31-16-30-23/h7-13,21-22H,3-6,14-16H2,1-2H3,(H,26,28)/t22-/m0/s1. The van der Waals surface area contributed by atoms with E-state index in [0.29, 0.717) is 6.54 Å². The van der Waals surface area contributed by atoms with E-state index in [4.69, 9.17) is 9.47 Å². The summed E-state index contributed by atoms with van der Waals surface area (Å²) < 4.78 is 10.9. The van der Waals surface area contributed by atoms with Gasteiger partial charge in [-0.15, -0.1) is 0 Å². The van der Waals surface area contributed by atoms with Crippen LogP contribution < -0.4 is 14.8 Å². The number of hydrogen-bond donors (Lipinski definition) is 1. The van der Waals surface area contributed by atoms with Gasteiger partial charge in [0.05, 0.1) is 12.5 Å². The van der Waals surface area contributed by atoms with Gasteiger partial charge in [0, 0.05) is 19.5 Å². The van der Waals surface area contributed by atoms with E-state index >= 15 is 0 Å². The number of rotatable bonds is 7. The Bertz CT molecular complexity index is 935. The maximum Gasteiger partial charge on any atom is 0.231 e. The number of amides is 2. The van der Waals surface area contributed by atoms with Gasteiger partial charge >= 0.3 is 0 Å². The lowest BCUT2D eigenvalue weighted by molar-refractivity contribution is -0.135. The Hall–Kier alpha value is -3.02. The van der Waals surface area contributed by atoms with Gasteiger partial charge in [-0.1, -0.05) is 48.7 Å². The van der Waals surface area contributed by atoms with E-state index < -0.39 is 0 Å². The van der Waals surface area contributed by atoms with Crippen molar-refractivity contribution in [2.24, 2.45) is 0 Å². The summed E-state index contributed by atoms with van der Waals surface area (Å²) in [7, 11) is 0. The van der Waals surface area contributed by atoms with E-state index in [9.17, 15) is 9.59 Å². The Morgan fingerprint density at radius 2 is 1.77 bits per heavy atom. The van der Waals surface area contributed by atoms with Crippen molar-refractivity contribution in [3.8, 4) is 11.5 Å². The van der Waals surface area contributed by atoms with Crippen molar-refractivity contribution >= 4 is 11.8 Å². The van der Waals surface area contributed by atoms with E-state index in [2.05, 4.69) is 5.32 Å². The van der Waals surface area contributed by atoms with Gasteiger partial charge in [-0.05, 0) is 43.0 Å². The van der Waals surface area contributed by atoms with Crippen LogP contribution >= 0.6 is 0 Å². The molecular formula is C25H30N2O4. The second kappa shape index (κ2) is 9.41. The third-order valence-electron chi connectivity index (χ3n) is 6.11. The van der Waals surface area contributed by atoms with Crippen LogP contribution in [0.4, 0.5) is 0 Å². The minimum Gasteiger partial charge on any atom is -0.454 e. The lowest BCUT2D eigenvalue weighted by Gasteiger charge is -2.31. The second-order valence-electron chi connectivity index (χ2n) is 8.52. The molecule has 1 saturated carbocycles. The molecule has 1 atom stereocenters. The third kappa shape index (κ3) is 5.19. The third-order valence-corrected chi connectivity index (χ3v) is 6.11. The van der Waals surface area contributed by atoms with E-state index in [1.807, 2.05) is 54.3 Å². The molecule has 1 aliphatic carbocycles. The van der Waals surface area contributed by atoms with Crippen LogP contribution in [0, 0.1) is 6.92 Å². The number of ether oxygens (including phenoxy) is 2. The average molecular weight is 423 g/mol. The molecule has 0 aromatic heterocycles. The Labute approximate surface area is 183 Å². The fourth-order valence-electron chi connectivity index (χ4n) is 4.46. The van der Waals surface area contributed by atoms with Gasteiger partial charge in [0.2, 0.25) is 18.6 Å². The van der Waals surface area contributed by atoms with Gasteiger partial charge in [-0.3, -0.25) is 9.59 Å². The molecule has 0 saturated heterocycles. The number of nitrogens with one attached hydrogen (secondary N) is 1. The van der Waals surface area contributed by atoms with Crippen LogP contribution in [0.2, 0.25) is 0 Å². The number of carbonyl (C=O) groups excluding carboxylic acids is 2. The summed E-state index contributed by atoms with van der Waals surface area (Å²) in [5.41, 5.74) is 3.12. The van der Waals surface area contributed by atoms with E-state index in [0.717, 1.165) is 53.9 Å². The van der Waals surface area contributed by atoms with Crippen molar-refractivity contribution in [2.45, 2.75) is 64.6 Å². The minimum atomic E-state index is -0.341. The highest BCUT2D eigenvalue weighted by Gasteiger charge is 2.29. The topological polar surface area (TPSA) is 67.9 Å². The Balaban J connectivity index is 1.54. The predicted molar refractivity (Wildman–Crippen MR) is 118 cm³/mol. The van der Waals surface area contributed by atoms with Gasteiger partial charge in [0.25, 0.3) is 0 Å². The zero-order valence-corrected chi connectivity index (χ0v) is 18.2. The van der Waals surface area contributed by atoms with E-state index in [1.54, 1.807) is 0 Å². The van der Waals surface area contributed by atoms with Crippen LogP contribution in [-0.2, 0) is 16.1 Å². The molecule has 164 valence electrons. The highest BCUT2D eigenvalue weighted by Crippen LogP contribution is 2.34. The van der Waals surface area contributed by atoms with Crippen molar-refractivity contribution in [1.29, 1.82) is 0 Å². The first-order chi connectivity index (χ1) is 15.0. The highest BCUT2D eigenvalue weighted by molar-refractivity contribution is 5.79. The van der Waals surface area contributed by atoms with Crippen molar-refractivity contribution in [3.63, 3.8) is 0 Å². The Kier molecular flexibility index (Phi) is 6.44. The van der Waals surface area contributed by atoms with Gasteiger partial charge in [0.1, 0.15) is 0 Å². The molecular weight excluding hydrogens is 392 g/mol. The molecule has 1 heterocycles. The summed E-state index contributed by atoms with van der Waals surface area (Å²) >= 11 is 0. The first-order valence-corrected chi connectivity index (χ1v) is 11.0. The van der Waals surface area contributed by atoms with Crippen LogP contribution in [-0.4, -0.2) is 29.5 Å². The number of aryl methyl sites for hydroxylation is 1. The number of benzene rings is 2. The highest BCUT2D eigenvalue weighted by atomic mass is 16.7. The molecule has 2 aromatic carbocycles. The lowest BCUT2D eigenvalue weighted by Crippen LogP contribution is -2.40.